The molecule has 134 valence electrons. The zero-order valence-corrected chi connectivity index (χ0v) is 14.8. The van der Waals surface area contributed by atoms with Gasteiger partial charge in [-0.2, -0.15) is 0 Å². The van der Waals surface area contributed by atoms with Gasteiger partial charge in [0, 0.05) is 37.1 Å². The fraction of sp³-hybridized carbons (Fsp3) is 0.350. The summed E-state index contributed by atoms with van der Waals surface area (Å²) >= 11 is 0. The molecule has 0 unspecified atom stereocenters. The maximum absolute atomic E-state index is 12.7. The Morgan fingerprint density at radius 3 is 2.81 bits per heavy atom. The van der Waals surface area contributed by atoms with Crippen molar-refractivity contribution >= 4 is 11.6 Å². The molecule has 0 bridgehead atoms. The van der Waals surface area contributed by atoms with Crippen molar-refractivity contribution in [2.45, 2.75) is 19.8 Å². The van der Waals surface area contributed by atoms with E-state index in [2.05, 4.69) is 10.1 Å². The topological polar surface area (TPSA) is 59.7 Å². The van der Waals surface area contributed by atoms with Crippen LogP contribution in [-0.4, -0.2) is 45.1 Å². The van der Waals surface area contributed by atoms with Crippen molar-refractivity contribution in [3.05, 3.63) is 59.9 Å². The molecular weight excluding hydrogens is 328 g/mol. The molecule has 1 aliphatic rings. The molecule has 1 aromatic carbocycles. The summed E-state index contributed by atoms with van der Waals surface area (Å²) in [4.78, 5) is 18.8. The van der Waals surface area contributed by atoms with E-state index in [0.29, 0.717) is 18.4 Å². The lowest BCUT2D eigenvalue weighted by Gasteiger charge is -2.32. The fourth-order valence-electron chi connectivity index (χ4n) is 3.36. The minimum atomic E-state index is 0.134. The number of hydrogen-bond donors (Lipinski definition) is 0. The first-order valence-electron chi connectivity index (χ1n) is 8.99. The average molecular weight is 350 g/mol. The smallest absolute Gasteiger partial charge is 0.254 e. The van der Waals surface area contributed by atoms with Gasteiger partial charge in [0.05, 0.1) is 6.61 Å². The second-order valence-electron chi connectivity index (χ2n) is 6.76. The van der Waals surface area contributed by atoms with Gasteiger partial charge in [-0.05, 0) is 43.4 Å². The Bertz CT molecular complexity index is 913. The number of rotatable bonds is 4. The largest absolute Gasteiger partial charge is 0.476 e. The molecule has 3 heterocycles. The van der Waals surface area contributed by atoms with Crippen LogP contribution >= 0.6 is 0 Å². The summed E-state index contributed by atoms with van der Waals surface area (Å²) in [7, 11) is 0. The van der Waals surface area contributed by atoms with E-state index in [4.69, 9.17) is 4.74 Å². The molecule has 0 spiro atoms. The monoisotopic (exact) mass is 350 g/mol. The first-order chi connectivity index (χ1) is 12.7. The number of aryl methyl sites for hydroxylation is 1. The molecule has 4 rings (SSSR count). The lowest BCUT2D eigenvalue weighted by Crippen LogP contribution is -2.40. The number of carbonyl (C=O) groups excluding carboxylic acids is 1. The highest BCUT2D eigenvalue weighted by molar-refractivity contribution is 5.95. The van der Waals surface area contributed by atoms with Gasteiger partial charge in [-0.1, -0.05) is 18.2 Å². The first kappa shape index (κ1) is 16.6. The maximum Gasteiger partial charge on any atom is 0.254 e. The number of carbonyl (C=O) groups is 1. The van der Waals surface area contributed by atoms with E-state index in [9.17, 15) is 4.79 Å². The van der Waals surface area contributed by atoms with E-state index < -0.39 is 0 Å². The zero-order chi connectivity index (χ0) is 17.9. The van der Waals surface area contributed by atoms with E-state index in [1.807, 2.05) is 48.2 Å². The molecule has 0 atom stereocenters. The van der Waals surface area contributed by atoms with Crippen LogP contribution in [0, 0.1) is 12.8 Å². The first-order valence-corrected chi connectivity index (χ1v) is 8.99. The number of amides is 1. The van der Waals surface area contributed by atoms with E-state index in [0.717, 1.165) is 42.7 Å². The summed E-state index contributed by atoms with van der Waals surface area (Å²) in [5.41, 5.74) is 2.64. The van der Waals surface area contributed by atoms with Gasteiger partial charge >= 0.3 is 0 Å². The summed E-state index contributed by atoms with van der Waals surface area (Å²) in [5.74, 6) is 1.18. The molecule has 0 saturated carbocycles. The predicted octanol–water partition coefficient (Wildman–Crippen LogP) is 2.97. The standard InChI is InChI=1S/C20H22N4O2/c1-15-4-2-3-5-17(15)20(25)23-11-8-16(9-12-23)14-26-19-7-6-18-21-10-13-24(18)22-19/h2-7,10,13,16H,8-9,11-12,14H2,1H3. The Labute approximate surface area is 152 Å². The highest BCUT2D eigenvalue weighted by atomic mass is 16.5. The molecule has 6 heteroatoms. The molecule has 1 fully saturated rings. The quantitative estimate of drug-likeness (QED) is 0.726. The number of piperidine rings is 1. The molecule has 0 radical (unpaired) electrons. The van der Waals surface area contributed by atoms with Crippen LogP contribution in [-0.2, 0) is 0 Å². The Kier molecular flexibility index (Phi) is 4.56. The number of ether oxygens (including phenoxy) is 1. The van der Waals surface area contributed by atoms with Gasteiger partial charge in [-0.3, -0.25) is 4.79 Å². The maximum atomic E-state index is 12.7. The van der Waals surface area contributed by atoms with Crippen molar-refractivity contribution in [2.24, 2.45) is 5.92 Å². The molecule has 2 aromatic heterocycles. The van der Waals surface area contributed by atoms with Crippen molar-refractivity contribution in [1.82, 2.24) is 19.5 Å². The van der Waals surface area contributed by atoms with Crippen molar-refractivity contribution in [1.29, 1.82) is 0 Å². The molecule has 1 saturated heterocycles. The third-order valence-electron chi connectivity index (χ3n) is 4.97. The normalized spacial score (nSPS) is 15.3. The number of fused-ring (bicyclic) bond motifs is 1. The molecule has 26 heavy (non-hydrogen) atoms. The van der Waals surface area contributed by atoms with Crippen LogP contribution in [0.4, 0.5) is 0 Å². The van der Waals surface area contributed by atoms with Crippen molar-refractivity contribution in [2.75, 3.05) is 19.7 Å². The summed E-state index contributed by atoms with van der Waals surface area (Å²) in [6.07, 6.45) is 5.42. The Morgan fingerprint density at radius 1 is 1.19 bits per heavy atom. The second-order valence-corrected chi connectivity index (χ2v) is 6.76. The minimum Gasteiger partial charge on any atom is -0.476 e. The van der Waals surface area contributed by atoms with Crippen LogP contribution in [0.3, 0.4) is 0 Å². The van der Waals surface area contributed by atoms with Crippen molar-refractivity contribution in [3.8, 4) is 5.88 Å². The lowest BCUT2D eigenvalue weighted by atomic mass is 9.96. The third-order valence-corrected chi connectivity index (χ3v) is 4.97. The zero-order valence-electron chi connectivity index (χ0n) is 14.8. The number of hydrogen-bond acceptors (Lipinski definition) is 4. The molecule has 1 amide bonds. The Balaban J connectivity index is 1.31. The third kappa shape index (κ3) is 3.40. The van der Waals surface area contributed by atoms with E-state index in [-0.39, 0.29) is 5.91 Å². The molecule has 6 nitrogen and oxygen atoms in total. The summed E-state index contributed by atoms with van der Waals surface area (Å²) < 4.78 is 7.57. The van der Waals surface area contributed by atoms with Gasteiger partial charge in [-0.25, -0.2) is 9.50 Å². The van der Waals surface area contributed by atoms with Crippen LogP contribution in [0.15, 0.2) is 48.8 Å². The van der Waals surface area contributed by atoms with Crippen LogP contribution in [0.1, 0.15) is 28.8 Å². The van der Waals surface area contributed by atoms with E-state index in [1.165, 1.54) is 0 Å². The van der Waals surface area contributed by atoms with E-state index >= 15 is 0 Å². The second kappa shape index (κ2) is 7.15. The predicted molar refractivity (Wildman–Crippen MR) is 98.3 cm³/mol. The summed E-state index contributed by atoms with van der Waals surface area (Å²) in [6.45, 7) is 4.15. The number of likely N-dealkylation sites (tertiary alicyclic amines) is 1. The minimum absolute atomic E-state index is 0.134. The number of nitrogens with zero attached hydrogens (tertiary/aromatic N) is 4. The van der Waals surface area contributed by atoms with E-state index in [1.54, 1.807) is 16.9 Å². The van der Waals surface area contributed by atoms with Gasteiger partial charge in [0.2, 0.25) is 5.88 Å². The van der Waals surface area contributed by atoms with Crippen molar-refractivity contribution in [3.63, 3.8) is 0 Å². The van der Waals surface area contributed by atoms with Gasteiger partial charge in [-0.15, -0.1) is 5.10 Å². The lowest BCUT2D eigenvalue weighted by molar-refractivity contribution is 0.0658. The van der Waals surface area contributed by atoms with Gasteiger partial charge in [0.25, 0.3) is 5.91 Å². The molecule has 1 aliphatic heterocycles. The molecule has 0 aliphatic carbocycles. The summed E-state index contributed by atoms with van der Waals surface area (Å²) in [6, 6.07) is 11.5. The highest BCUT2D eigenvalue weighted by Gasteiger charge is 2.24. The van der Waals surface area contributed by atoms with Gasteiger partial charge in [0.15, 0.2) is 5.65 Å². The van der Waals surface area contributed by atoms with Crippen LogP contribution in [0.25, 0.3) is 5.65 Å². The van der Waals surface area contributed by atoms with Gasteiger partial charge in [0.1, 0.15) is 0 Å². The highest BCUT2D eigenvalue weighted by Crippen LogP contribution is 2.21. The van der Waals surface area contributed by atoms with Crippen LogP contribution in [0.2, 0.25) is 0 Å². The average Bonchev–Trinajstić information content (AvgIpc) is 3.14. The number of imidazole rings is 1. The SMILES string of the molecule is Cc1ccccc1C(=O)N1CCC(COc2ccc3nccn3n2)CC1. The fourth-order valence-corrected chi connectivity index (χ4v) is 3.36. The number of aromatic nitrogens is 3. The molecule has 3 aromatic rings. The van der Waals surface area contributed by atoms with Gasteiger partial charge < -0.3 is 9.64 Å². The van der Waals surface area contributed by atoms with Crippen LogP contribution < -0.4 is 4.74 Å². The molecular formula is C20H22N4O2. The number of benzene rings is 1. The van der Waals surface area contributed by atoms with Crippen molar-refractivity contribution < 1.29 is 9.53 Å². The Hall–Kier alpha value is -2.89. The molecule has 0 N–H and O–H groups in total. The Morgan fingerprint density at radius 2 is 2.00 bits per heavy atom. The summed E-state index contributed by atoms with van der Waals surface area (Å²) in [5, 5.41) is 4.38. The van der Waals surface area contributed by atoms with Crippen LogP contribution in [0.5, 0.6) is 5.88 Å².